The van der Waals surface area contributed by atoms with Crippen LogP contribution in [0.4, 0.5) is 0 Å². The van der Waals surface area contributed by atoms with Crippen LogP contribution in [-0.2, 0) is 6.42 Å². The van der Waals surface area contributed by atoms with Gasteiger partial charge in [0.1, 0.15) is 5.54 Å². The zero-order chi connectivity index (χ0) is 13.0. The van der Waals surface area contributed by atoms with Gasteiger partial charge in [-0.25, -0.2) is 0 Å². The summed E-state index contributed by atoms with van der Waals surface area (Å²) in [5.74, 6) is 0. The summed E-state index contributed by atoms with van der Waals surface area (Å²) in [6, 6.07) is 10.2. The average molecular weight is 264 g/mol. The fourth-order valence-electron chi connectivity index (χ4n) is 2.39. The van der Waals surface area contributed by atoms with E-state index < -0.39 is 5.54 Å². The van der Waals surface area contributed by atoms with Crippen LogP contribution in [0.3, 0.4) is 0 Å². The summed E-state index contributed by atoms with van der Waals surface area (Å²) in [5, 5.41) is 13.6. The van der Waals surface area contributed by atoms with Crippen molar-refractivity contribution < 1.29 is 0 Å². The summed E-state index contributed by atoms with van der Waals surface area (Å²) < 4.78 is 0. The first kappa shape index (κ1) is 13.4. The van der Waals surface area contributed by atoms with Crippen LogP contribution in [0.5, 0.6) is 0 Å². The number of halogens is 1. The molecule has 3 nitrogen and oxygen atoms in total. The predicted octanol–water partition coefficient (Wildman–Crippen LogP) is 2.07. The maximum Gasteiger partial charge on any atom is 0.110 e. The maximum absolute atomic E-state index is 9.53. The molecule has 0 aromatic heterocycles. The highest BCUT2D eigenvalue weighted by Gasteiger charge is 2.33. The highest BCUT2D eigenvalue weighted by atomic mass is 35.5. The van der Waals surface area contributed by atoms with E-state index in [0.717, 1.165) is 36.8 Å². The standard InChI is InChI=1S/C14H18ClN3/c1-14(11-16,18-8-6-17-7-9-18)10-12-4-2-3-5-13(12)15/h2-5,17H,6-10H2,1H3. The highest BCUT2D eigenvalue weighted by molar-refractivity contribution is 6.31. The zero-order valence-electron chi connectivity index (χ0n) is 10.6. The van der Waals surface area contributed by atoms with E-state index in [1.165, 1.54) is 0 Å². The number of rotatable bonds is 3. The molecule has 1 aromatic rings. The van der Waals surface area contributed by atoms with Gasteiger partial charge in [0.25, 0.3) is 0 Å². The molecule has 1 aromatic carbocycles. The Labute approximate surface area is 113 Å². The number of piperazine rings is 1. The minimum absolute atomic E-state index is 0.479. The first-order valence-electron chi connectivity index (χ1n) is 6.26. The van der Waals surface area contributed by atoms with Crippen molar-refractivity contribution in [2.24, 2.45) is 0 Å². The molecule has 1 saturated heterocycles. The first-order chi connectivity index (χ1) is 8.65. The van der Waals surface area contributed by atoms with E-state index in [2.05, 4.69) is 16.3 Å². The van der Waals surface area contributed by atoms with E-state index in [0.29, 0.717) is 6.42 Å². The predicted molar refractivity (Wildman–Crippen MR) is 73.6 cm³/mol. The van der Waals surface area contributed by atoms with Crippen LogP contribution >= 0.6 is 11.6 Å². The van der Waals surface area contributed by atoms with Gasteiger partial charge < -0.3 is 5.32 Å². The normalized spacial score (nSPS) is 20.1. The van der Waals surface area contributed by atoms with Gasteiger partial charge in [0.2, 0.25) is 0 Å². The van der Waals surface area contributed by atoms with E-state index >= 15 is 0 Å². The zero-order valence-corrected chi connectivity index (χ0v) is 11.4. The molecule has 18 heavy (non-hydrogen) atoms. The second-order valence-corrected chi connectivity index (χ2v) is 5.30. The molecule has 1 aliphatic rings. The quantitative estimate of drug-likeness (QED) is 0.908. The number of benzene rings is 1. The van der Waals surface area contributed by atoms with Crippen LogP contribution < -0.4 is 5.32 Å². The van der Waals surface area contributed by atoms with Gasteiger partial charge in [-0.15, -0.1) is 0 Å². The van der Waals surface area contributed by atoms with E-state index in [4.69, 9.17) is 11.6 Å². The number of nitriles is 1. The molecular formula is C14H18ClN3. The largest absolute Gasteiger partial charge is 0.314 e. The smallest absolute Gasteiger partial charge is 0.110 e. The van der Waals surface area contributed by atoms with E-state index in [9.17, 15) is 5.26 Å². The van der Waals surface area contributed by atoms with Crippen molar-refractivity contribution in [3.05, 3.63) is 34.9 Å². The number of nitrogens with one attached hydrogen (secondary N) is 1. The van der Waals surface area contributed by atoms with Gasteiger partial charge in [0, 0.05) is 37.6 Å². The van der Waals surface area contributed by atoms with Crippen LogP contribution in [0.15, 0.2) is 24.3 Å². The average Bonchev–Trinajstić information content (AvgIpc) is 2.42. The fraction of sp³-hybridized carbons (Fsp3) is 0.500. The van der Waals surface area contributed by atoms with Gasteiger partial charge in [-0.1, -0.05) is 29.8 Å². The molecule has 1 aliphatic heterocycles. The van der Waals surface area contributed by atoms with Crippen LogP contribution in [0, 0.1) is 11.3 Å². The minimum Gasteiger partial charge on any atom is -0.314 e. The summed E-state index contributed by atoms with van der Waals surface area (Å²) in [6.45, 7) is 5.71. The summed E-state index contributed by atoms with van der Waals surface area (Å²) in [6.07, 6.45) is 0.670. The third kappa shape index (κ3) is 2.84. The molecule has 2 rings (SSSR count). The monoisotopic (exact) mass is 263 g/mol. The van der Waals surface area contributed by atoms with E-state index in [-0.39, 0.29) is 0 Å². The van der Waals surface area contributed by atoms with Gasteiger partial charge in [-0.3, -0.25) is 4.90 Å². The Balaban J connectivity index is 2.18. The molecule has 96 valence electrons. The summed E-state index contributed by atoms with van der Waals surface area (Å²) in [4.78, 5) is 2.24. The number of hydrogen-bond donors (Lipinski definition) is 1. The van der Waals surface area contributed by atoms with Gasteiger partial charge in [0.05, 0.1) is 6.07 Å². The molecule has 0 saturated carbocycles. The fourth-order valence-corrected chi connectivity index (χ4v) is 2.60. The summed E-state index contributed by atoms with van der Waals surface area (Å²) in [5.41, 5.74) is 0.564. The molecule has 1 heterocycles. The second-order valence-electron chi connectivity index (χ2n) is 4.89. The van der Waals surface area contributed by atoms with Crippen molar-refractivity contribution >= 4 is 11.6 Å². The van der Waals surface area contributed by atoms with Crippen LogP contribution in [-0.4, -0.2) is 36.6 Å². The lowest BCUT2D eigenvalue weighted by Gasteiger charge is -2.39. The molecule has 0 spiro atoms. The maximum atomic E-state index is 9.53. The molecule has 1 N–H and O–H groups in total. The highest BCUT2D eigenvalue weighted by Crippen LogP contribution is 2.25. The Bertz CT molecular complexity index is 449. The molecule has 0 radical (unpaired) electrons. The number of nitrogens with zero attached hydrogens (tertiary/aromatic N) is 2. The van der Waals surface area contributed by atoms with Crippen molar-refractivity contribution in [1.82, 2.24) is 10.2 Å². The number of hydrogen-bond acceptors (Lipinski definition) is 3. The van der Waals surface area contributed by atoms with Crippen LogP contribution in [0.2, 0.25) is 5.02 Å². The first-order valence-corrected chi connectivity index (χ1v) is 6.64. The van der Waals surface area contributed by atoms with Crippen LogP contribution in [0.1, 0.15) is 12.5 Å². The van der Waals surface area contributed by atoms with Crippen molar-refractivity contribution in [1.29, 1.82) is 5.26 Å². The Morgan fingerprint density at radius 2 is 2.06 bits per heavy atom. The van der Waals surface area contributed by atoms with Gasteiger partial charge in [-0.05, 0) is 18.6 Å². The second kappa shape index (κ2) is 5.71. The topological polar surface area (TPSA) is 39.1 Å². The van der Waals surface area contributed by atoms with Crippen molar-refractivity contribution in [3.8, 4) is 6.07 Å². The molecule has 0 aliphatic carbocycles. The molecule has 0 amide bonds. The molecule has 1 atom stereocenters. The SMILES string of the molecule is CC(C#N)(Cc1ccccc1Cl)N1CCNCC1. The summed E-state index contributed by atoms with van der Waals surface area (Å²) >= 11 is 6.19. The lowest BCUT2D eigenvalue weighted by Crippen LogP contribution is -2.55. The third-order valence-corrected chi connectivity index (χ3v) is 3.92. The Morgan fingerprint density at radius 1 is 1.39 bits per heavy atom. The van der Waals surface area contributed by atoms with E-state index in [1.54, 1.807) is 0 Å². The molecule has 1 fully saturated rings. The third-order valence-electron chi connectivity index (χ3n) is 3.55. The summed E-state index contributed by atoms with van der Waals surface area (Å²) in [7, 11) is 0. The Hall–Kier alpha value is -1.08. The Morgan fingerprint density at radius 3 is 2.67 bits per heavy atom. The van der Waals surface area contributed by atoms with Crippen LogP contribution in [0.25, 0.3) is 0 Å². The van der Waals surface area contributed by atoms with Crippen molar-refractivity contribution in [3.63, 3.8) is 0 Å². The van der Waals surface area contributed by atoms with Gasteiger partial charge in [-0.2, -0.15) is 5.26 Å². The minimum atomic E-state index is -0.479. The van der Waals surface area contributed by atoms with Gasteiger partial charge in [0.15, 0.2) is 0 Å². The lowest BCUT2D eigenvalue weighted by atomic mass is 9.91. The van der Waals surface area contributed by atoms with Crippen molar-refractivity contribution in [2.75, 3.05) is 26.2 Å². The molecule has 4 heteroatoms. The molecular weight excluding hydrogens is 246 g/mol. The lowest BCUT2D eigenvalue weighted by molar-refractivity contribution is 0.132. The molecule has 1 unspecified atom stereocenters. The Kier molecular flexibility index (Phi) is 4.23. The van der Waals surface area contributed by atoms with Gasteiger partial charge >= 0.3 is 0 Å². The molecule has 0 bridgehead atoms. The van der Waals surface area contributed by atoms with Crippen molar-refractivity contribution in [2.45, 2.75) is 18.9 Å². The van der Waals surface area contributed by atoms with E-state index in [1.807, 2.05) is 31.2 Å².